The maximum atomic E-state index is 11.7. The van der Waals surface area contributed by atoms with Crippen LogP contribution >= 0.6 is 0 Å². The highest BCUT2D eigenvalue weighted by atomic mass is 16.2. The summed E-state index contributed by atoms with van der Waals surface area (Å²) < 4.78 is 0. The molecule has 0 unspecified atom stereocenters. The molecule has 1 aliphatic carbocycles. The highest BCUT2D eigenvalue weighted by Gasteiger charge is 2.23. The van der Waals surface area contributed by atoms with Crippen LogP contribution in [-0.4, -0.2) is 17.1 Å². The molecule has 1 fully saturated rings. The van der Waals surface area contributed by atoms with Gasteiger partial charge in [-0.25, -0.2) is 9.78 Å². The Morgan fingerprint density at radius 2 is 1.83 bits per heavy atom. The number of amides is 2. The number of hydrogen-bond donors (Lipinski definition) is 3. The fourth-order valence-electron chi connectivity index (χ4n) is 2.63. The molecule has 1 heterocycles. The van der Waals surface area contributed by atoms with Gasteiger partial charge in [0.2, 0.25) is 0 Å². The van der Waals surface area contributed by atoms with Gasteiger partial charge in [0.1, 0.15) is 5.82 Å². The number of aryl methyl sites for hydroxylation is 3. The predicted octanol–water partition coefficient (Wildman–Crippen LogP) is 4.03. The molecule has 5 nitrogen and oxygen atoms in total. The number of pyridine rings is 1. The van der Waals surface area contributed by atoms with Gasteiger partial charge in [-0.3, -0.25) is 5.32 Å². The van der Waals surface area contributed by atoms with Gasteiger partial charge in [-0.1, -0.05) is 17.7 Å². The Morgan fingerprint density at radius 3 is 2.39 bits per heavy atom. The van der Waals surface area contributed by atoms with Crippen molar-refractivity contribution in [3.8, 4) is 0 Å². The lowest BCUT2D eigenvalue weighted by atomic mass is 10.0. The van der Waals surface area contributed by atoms with Crippen LogP contribution in [-0.2, 0) is 0 Å². The minimum absolute atomic E-state index is 0.189. The Labute approximate surface area is 136 Å². The van der Waals surface area contributed by atoms with Crippen molar-refractivity contribution in [2.75, 3.05) is 10.6 Å². The lowest BCUT2D eigenvalue weighted by Crippen LogP contribution is -2.30. The van der Waals surface area contributed by atoms with Crippen molar-refractivity contribution in [2.45, 2.75) is 39.7 Å². The van der Waals surface area contributed by atoms with Crippen molar-refractivity contribution in [2.24, 2.45) is 0 Å². The highest BCUT2D eigenvalue weighted by Crippen LogP contribution is 2.26. The van der Waals surface area contributed by atoms with Crippen molar-refractivity contribution >= 4 is 23.2 Å². The van der Waals surface area contributed by atoms with Crippen molar-refractivity contribution in [3.05, 3.63) is 47.2 Å². The van der Waals surface area contributed by atoms with Gasteiger partial charge < -0.3 is 10.6 Å². The van der Waals surface area contributed by atoms with Gasteiger partial charge in [0.15, 0.2) is 0 Å². The van der Waals surface area contributed by atoms with E-state index in [2.05, 4.69) is 53.8 Å². The molecule has 1 saturated carbocycles. The second-order valence-corrected chi connectivity index (χ2v) is 6.20. The van der Waals surface area contributed by atoms with Gasteiger partial charge in [-0.2, -0.15) is 0 Å². The smallest absolute Gasteiger partial charge is 0.320 e. The number of aromatic nitrogens is 1. The van der Waals surface area contributed by atoms with E-state index in [0.717, 1.165) is 24.2 Å². The largest absolute Gasteiger partial charge is 0.354 e. The molecular weight excluding hydrogens is 288 g/mol. The van der Waals surface area contributed by atoms with Crippen LogP contribution in [0.5, 0.6) is 0 Å². The topological polar surface area (TPSA) is 66.0 Å². The molecule has 3 rings (SSSR count). The Morgan fingerprint density at radius 1 is 1.13 bits per heavy atom. The molecule has 2 amide bonds. The number of nitrogens with one attached hydrogen (secondary N) is 3. The van der Waals surface area contributed by atoms with Crippen molar-refractivity contribution in [1.29, 1.82) is 0 Å². The van der Waals surface area contributed by atoms with Gasteiger partial charge in [0.25, 0.3) is 0 Å². The summed E-state index contributed by atoms with van der Waals surface area (Å²) in [4.78, 5) is 16.0. The van der Waals surface area contributed by atoms with Crippen molar-refractivity contribution in [3.63, 3.8) is 0 Å². The zero-order valence-corrected chi connectivity index (χ0v) is 13.7. The second kappa shape index (κ2) is 6.28. The zero-order chi connectivity index (χ0) is 16.4. The number of rotatable bonds is 4. The minimum Gasteiger partial charge on any atom is -0.354 e. The van der Waals surface area contributed by atoms with E-state index in [1.54, 1.807) is 12.3 Å². The predicted molar refractivity (Wildman–Crippen MR) is 93.3 cm³/mol. The average Bonchev–Trinajstić information content (AvgIpc) is 3.28. The standard InChI is InChI=1S/C18H22N4O/c1-11-8-12(2)17(13(3)9-11)20-15-6-7-16(19-10-15)22-18(23)21-14-4-5-14/h6-10,14,20H,4-5H2,1-3H3,(H2,19,21,22,23). The molecule has 1 aromatic carbocycles. The molecule has 3 N–H and O–H groups in total. The van der Waals surface area contributed by atoms with Crippen LogP contribution in [0.4, 0.5) is 22.0 Å². The lowest BCUT2D eigenvalue weighted by molar-refractivity contribution is 0.251. The molecule has 1 aromatic heterocycles. The molecule has 120 valence electrons. The van der Waals surface area contributed by atoms with E-state index in [4.69, 9.17) is 0 Å². The Hall–Kier alpha value is -2.56. The van der Waals surface area contributed by atoms with Crippen LogP contribution < -0.4 is 16.0 Å². The first-order valence-corrected chi connectivity index (χ1v) is 7.90. The third-order valence-corrected chi connectivity index (χ3v) is 3.86. The summed E-state index contributed by atoms with van der Waals surface area (Å²) in [5, 5.41) is 9.02. The number of anilines is 3. The molecule has 0 aliphatic heterocycles. The summed E-state index contributed by atoms with van der Waals surface area (Å²) in [6.07, 6.45) is 3.86. The van der Waals surface area contributed by atoms with E-state index < -0.39 is 0 Å². The van der Waals surface area contributed by atoms with E-state index in [9.17, 15) is 4.79 Å². The third kappa shape index (κ3) is 4.00. The third-order valence-electron chi connectivity index (χ3n) is 3.86. The van der Waals surface area contributed by atoms with Crippen LogP contribution in [0, 0.1) is 20.8 Å². The first-order valence-electron chi connectivity index (χ1n) is 7.90. The highest BCUT2D eigenvalue weighted by molar-refractivity contribution is 5.88. The van der Waals surface area contributed by atoms with Crippen LogP contribution in [0.1, 0.15) is 29.5 Å². The van der Waals surface area contributed by atoms with E-state index in [0.29, 0.717) is 11.9 Å². The fourth-order valence-corrected chi connectivity index (χ4v) is 2.63. The van der Waals surface area contributed by atoms with Crippen molar-refractivity contribution in [1.82, 2.24) is 10.3 Å². The summed E-state index contributed by atoms with van der Waals surface area (Å²) in [6, 6.07) is 8.17. The van der Waals surface area contributed by atoms with E-state index in [-0.39, 0.29) is 6.03 Å². The van der Waals surface area contributed by atoms with E-state index in [1.807, 2.05) is 6.07 Å². The molecule has 2 aromatic rings. The monoisotopic (exact) mass is 310 g/mol. The summed E-state index contributed by atoms with van der Waals surface area (Å²) in [5.41, 5.74) is 5.66. The Kier molecular flexibility index (Phi) is 4.19. The number of urea groups is 1. The normalized spacial score (nSPS) is 13.5. The molecule has 0 spiro atoms. The zero-order valence-electron chi connectivity index (χ0n) is 13.7. The minimum atomic E-state index is -0.189. The van der Waals surface area contributed by atoms with Gasteiger partial charge in [0.05, 0.1) is 11.9 Å². The first-order chi connectivity index (χ1) is 11.0. The van der Waals surface area contributed by atoms with Crippen LogP contribution in [0.25, 0.3) is 0 Å². The van der Waals surface area contributed by atoms with E-state index in [1.165, 1.54) is 16.7 Å². The molecule has 0 atom stereocenters. The van der Waals surface area contributed by atoms with Crippen LogP contribution in [0.2, 0.25) is 0 Å². The molecule has 5 heteroatoms. The summed E-state index contributed by atoms with van der Waals surface area (Å²) in [7, 11) is 0. The van der Waals surface area contributed by atoms with Gasteiger partial charge >= 0.3 is 6.03 Å². The van der Waals surface area contributed by atoms with Crippen LogP contribution in [0.3, 0.4) is 0 Å². The molecular formula is C18H22N4O. The fraction of sp³-hybridized carbons (Fsp3) is 0.333. The van der Waals surface area contributed by atoms with E-state index >= 15 is 0 Å². The quantitative estimate of drug-likeness (QED) is 0.798. The van der Waals surface area contributed by atoms with Gasteiger partial charge in [-0.05, 0) is 56.9 Å². The van der Waals surface area contributed by atoms with Crippen LogP contribution in [0.15, 0.2) is 30.5 Å². The SMILES string of the molecule is Cc1cc(C)c(Nc2ccc(NC(=O)NC3CC3)nc2)c(C)c1. The summed E-state index contributed by atoms with van der Waals surface area (Å²) in [5.74, 6) is 0.547. The maximum Gasteiger partial charge on any atom is 0.320 e. The number of carbonyl (C=O) groups is 1. The molecule has 0 saturated heterocycles. The second-order valence-electron chi connectivity index (χ2n) is 6.20. The lowest BCUT2D eigenvalue weighted by Gasteiger charge is -2.14. The molecule has 23 heavy (non-hydrogen) atoms. The summed E-state index contributed by atoms with van der Waals surface area (Å²) >= 11 is 0. The Bertz CT molecular complexity index is 697. The number of benzene rings is 1. The number of nitrogens with zero attached hydrogens (tertiary/aromatic N) is 1. The van der Waals surface area contributed by atoms with Crippen molar-refractivity contribution < 1.29 is 4.79 Å². The molecule has 1 aliphatic rings. The number of hydrogen-bond acceptors (Lipinski definition) is 3. The van der Waals surface area contributed by atoms with Gasteiger partial charge in [0, 0.05) is 11.7 Å². The summed E-state index contributed by atoms with van der Waals surface area (Å²) in [6.45, 7) is 6.28. The number of carbonyl (C=O) groups excluding carboxylic acids is 1. The maximum absolute atomic E-state index is 11.7. The molecule has 0 radical (unpaired) electrons. The Balaban J connectivity index is 1.66. The first kappa shape index (κ1) is 15.3. The average molecular weight is 310 g/mol. The molecule has 0 bridgehead atoms. The van der Waals surface area contributed by atoms with Gasteiger partial charge in [-0.15, -0.1) is 0 Å².